The lowest BCUT2D eigenvalue weighted by Crippen LogP contribution is -2.39. The Balaban J connectivity index is 1.79. The number of rotatable bonds is 2. The highest BCUT2D eigenvalue weighted by atomic mass is 16.1. The molecule has 0 spiro atoms. The molecule has 1 aliphatic rings. The molecule has 0 aromatic heterocycles. The van der Waals surface area contributed by atoms with Crippen LogP contribution in [0.4, 0.5) is 0 Å². The third-order valence-electron chi connectivity index (χ3n) is 4.75. The number of nitrogens with one attached hydrogen (secondary N) is 2. The van der Waals surface area contributed by atoms with E-state index in [1.54, 1.807) is 0 Å². The van der Waals surface area contributed by atoms with Crippen LogP contribution >= 0.6 is 0 Å². The molecule has 0 saturated carbocycles. The molecule has 24 heavy (non-hydrogen) atoms. The van der Waals surface area contributed by atoms with Crippen LogP contribution in [0.5, 0.6) is 0 Å². The zero-order chi connectivity index (χ0) is 17.3. The second kappa shape index (κ2) is 6.40. The molecule has 3 rings (SSSR count). The maximum absolute atomic E-state index is 12.7. The number of benzene rings is 2. The van der Waals surface area contributed by atoms with Gasteiger partial charge in [0, 0.05) is 18.7 Å². The standard InChI is InChI=1S/C21H26N2O/c1-14-6-5-7-16-12-22-13-18(19(14)16)23-20(24)15-8-10-17(11-9-15)21(2,3)4/h5-11,18,22H,12-13H2,1-4H3,(H,23,24). The lowest BCUT2D eigenvalue weighted by Gasteiger charge is -2.29. The number of carbonyl (C=O) groups excluding carboxylic acids is 1. The van der Waals surface area contributed by atoms with Crippen molar-refractivity contribution in [1.29, 1.82) is 0 Å². The quantitative estimate of drug-likeness (QED) is 0.881. The highest BCUT2D eigenvalue weighted by Crippen LogP contribution is 2.26. The number of aryl methyl sites for hydroxylation is 1. The van der Waals surface area contributed by atoms with E-state index in [1.807, 2.05) is 24.3 Å². The van der Waals surface area contributed by atoms with Crippen LogP contribution in [0.25, 0.3) is 0 Å². The van der Waals surface area contributed by atoms with Crippen molar-refractivity contribution in [1.82, 2.24) is 10.6 Å². The molecule has 0 bridgehead atoms. The van der Waals surface area contributed by atoms with Gasteiger partial charge in [0.15, 0.2) is 0 Å². The maximum Gasteiger partial charge on any atom is 0.251 e. The first kappa shape index (κ1) is 16.7. The highest BCUT2D eigenvalue weighted by molar-refractivity contribution is 5.94. The molecule has 3 nitrogen and oxygen atoms in total. The fourth-order valence-electron chi connectivity index (χ4n) is 3.33. The third-order valence-corrected chi connectivity index (χ3v) is 4.75. The van der Waals surface area contributed by atoms with Crippen molar-refractivity contribution in [3.63, 3.8) is 0 Å². The van der Waals surface area contributed by atoms with Gasteiger partial charge in [0.05, 0.1) is 6.04 Å². The van der Waals surface area contributed by atoms with Crippen molar-refractivity contribution < 1.29 is 4.79 Å². The Morgan fingerprint density at radius 2 is 1.83 bits per heavy atom. The Kier molecular flexibility index (Phi) is 4.46. The molecule has 2 aromatic rings. The zero-order valence-electron chi connectivity index (χ0n) is 14.9. The van der Waals surface area contributed by atoms with Gasteiger partial charge in [-0.25, -0.2) is 0 Å². The van der Waals surface area contributed by atoms with E-state index in [2.05, 4.69) is 56.5 Å². The summed E-state index contributed by atoms with van der Waals surface area (Å²) in [7, 11) is 0. The summed E-state index contributed by atoms with van der Waals surface area (Å²) in [6, 6.07) is 14.3. The predicted octanol–water partition coefficient (Wildman–Crippen LogP) is 3.87. The molecule has 2 aromatic carbocycles. The molecular formula is C21H26N2O. The Morgan fingerprint density at radius 3 is 2.50 bits per heavy atom. The zero-order valence-corrected chi connectivity index (χ0v) is 14.9. The van der Waals surface area contributed by atoms with Crippen LogP contribution in [0.2, 0.25) is 0 Å². The number of fused-ring (bicyclic) bond motifs is 1. The number of hydrogen-bond acceptors (Lipinski definition) is 2. The van der Waals surface area contributed by atoms with Crippen LogP contribution in [0.3, 0.4) is 0 Å². The van der Waals surface area contributed by atoms with Gasteiger partial charge >= 0.3 is 0 Å². The van der Waals surface area contributed by atoms with E-state index in [-0.39, 0.29) is 17.4 Å². The van der Waals surface area contributed by atoms with Gasteiger partial charge in [0.25, 0.3) is 5.91 Å². The summed E-state index contributed by atoms with van der Waals surface area (Å²) in [5, 5.41) is 6.58. The largest absolute Gasteiger partial charge is 0.344 e. The van der Waals surface area contributed by atoms with Crippen molar-refractivity contribution in [2.45, 2.75) is 45.7 Å². The minimum Gasteiger partial charge on any atom is -0.344 e. The summed E-state index contributed by atoms with van der Waals surface area (Å²) in [6.45, 7) is 10.3. The van der Waals surface area contributed by atoms with Gasteiger partial charge in [-0.3, -0.25) is 4.79 Å². The molecule has 1 heterocycles. The average molecular weight is 322 g/mol. The fraction of sp³-hybridized carbons (Fsp3) is 0.381. The summed E-state index contributed by atoms with van der Waals surface area (Å²) in [5.74, 6) is -0.0154. The monoisotopic (exact) mass is 322 g/mol. The van der Waals surface area contributed by atoms with Crippen LogP contribution in [-0.4, -0.2) is 12.5 Å². The number of amides is 1. The molecule has 0 fully saturated rings. The van der Waals surface area contributed by atoms with Crippen molar-refractivity contribution in [3.05, 3.63) is 70.3 Å². The highest BCUT2D eigenvalue weighted by Gasteiger charge is 2.23. The van der Waals surface area contributed by atoms with Gasteiger partial charge in [0.2, 0.25) is 0 Å². The fourth-order valence-corrected chi connectivity index (χ4v) is 3.33. The Morgan fingerprint density at radius 1 is 1.12 bits per heavy atom. The van der Waals surface area contributed by atoms with Gasteiger partial charge in [-0.1, -0.05) is 51.1 Å². The van der Waals surface area contributed by atoms with Crippen LogP contribution in [0, 0.1) is 6.92 Å². The maximum atomic E-state index is 12.7. The van der Waals surface area contributed by atoms with E-state index in [0.717, 1.165) is 13.1 Å². The van der Waals surface area contributed by atoms with Crippen LogP contribution in [-0.2, 0) is 12.0 Å². The first-order valence-electron chi connectivity index (χ1n) is 8.57. The van der Waals surface area contributed by atoms with Crippen molar-refractivity contribution >= 4 is 5.91 Å². The van der Waals surface area contributed by atoms with E-state index in [0.29, 0.717) is 5.56 Å². The molecule has 1 amide bonds. The lowest BCUT2D eigenvalue weighted by atomic mass is 9.86. The minimum atomic E-state index is -0.0154. The number of carbonyl (C=O) groups is 1. The molecule has 3 heteroatoms. The van der Waals surface area contributed by atoms with Crippen molar-refractivity contribution in [3.8, 4) is 0 Å². The van der Waals surface area contributed by atoms with Crippen LogP contribution < -0.4 is 10.6 Å². The van der Waals surface area contributed by atoms with E-state index in [4.69, 9.17) is 0 Å². The first-order valence-corrected chi connectivity index (χ1v) is 8.57. The van der Waals surface area contributed by atoms with Gasteiger partial charge in [-0.15, -0.1) is 0 Å². The summed E-state index contributed by atoms with van der Waals surface area (Å²) >= 11 is 0. The van der Waals surface area contributed by atoms with Crippen LogP contribution in [0.1, 0.15) is 59.4 Å². The molecule has 0 aliphatic carbocycles. The average Bonchev–Trinajstić information content (AvgIpc) is 2.54. The predicted molar refractivity (Wildman–Crippen MR) is 98.2 cm³/mol. The second-order valence-corrected chi connectivity index (χ2v) is 7.63. The smallest absolute Gasteiger partial charge is 0.251 e. The molecule has 1 atom stereocenters. The van der Waals surface area contributed by atoms with Gasteiger partial charge < -0.3 is 10.6 Å². The van der Waals surface area contributed by atoms with Gasteiger partial charge in [0.1, 0.15) is 0 Å². The van der Waals surface area contributed by atoms with Crippen molar-refractivity contribution in [2.75, 3.05) is 6.54 Å². The van der Waals surface area contributed by atoms with Crippen molar-refractivity contribution in [2.24, 2.45) is 0 Å². The molecule has 2 N–H and O–H groups in total. The molecule has 126 valence electrons. The van der Waals surface area contributed by atoms with E-state index >= 15 is 0 Å². The van der Waals surface area contributed by atoms with E-state index in [1.165, 1.54) is 22.3 Å². The summed E-state index contributed by atoms with van der Waals surface area (Å²) in [5.41, 5.74) is 5.81. The molecule has 0 radical (unpaired) electrons. The summed E-state index contributed by atoms with van der Waals surface area (Å²) < 4.78 is 0. The van der Waals surface area contributed by atoms with Gasteiger partial charge in [-0.05, 0) is 46.7 Å². The Bertz CT molecular complexity index is 741. The summed E-state index contributed by atoms with van der Waals surface area (Å²) in [6.07, 6.45) is 0. The molecule has 0 saturated heterocycles. The molecule has 1 aliphatic heterocycles. The molecular weight excluding hydrogens is 296 g/mol. The number of hydrogen-bond donors (Lipinski definition) is 2. The minimum absolute atomic E-state index is 0.0154. The van der Waals surface area contributed by atoms with E-state index in [9.17, 15) is 4.79 Å². The summed E-state index contributed by atoms with van der Waals surface area (Å²) in [4.78, 5) is 12.7. The van der Waals surface area contributed by atoms with Gasteiger partial charge in [-0.2, -0.15) is 0 Å². The Hall–Kier alpha value is -2.13. The van der Waals surface area contributed by atoms with E-state index < -0.39 is 0 Å². The SMILES string of the molecule is Cc1cccc2c1C(NC(=O)c1ccc(C(C)(C)C)cc1)CNC2. The second-order valence-electron chi connectivity index (χ2n) is 7.63. The topological polar surface area (TPSA) is 41.1 Å². The lowest BCUT2D eigenvalue weighted by molar-refractivity contribution is 0.0934. The Labute approximate surface area is 144 Å². The molecule has 1 unspecified atom stereocenters. The normalized spacial score (nSPS) is 17.2. The third kappa shape index (κ3) is 3.36. The first-order chi connectivity index (χ1) is 11.4. The van der Waals surface area contributed by atoms with Crippen LogP contribution in [0.15, 0.2) is 42.5 Å².